The van der Waals surface area contributed by atoms with Gasteiger partial charge in [0.1, 0.15) is 5.75 Å². The maximum Gasteiger partial charge on any atom is 0.237 e. The third-order valence-electron chi connectivity index (χ3n) is 6.01. The normalized spacial score (nSPS) is 18.9. The van der Waals surface area contributed by atoms with E-state index in [2.05, 4.69) is 45.9 Å². The molecule has 1 amide bonds. The number of benzene rings is 3. The first-order valence-electron chi connectivity index (χ1n) is 10.6. The van der Waals surface area contributed by atoms with Crippen molar-refractivity contribution in [1.29, 1.82) is 0 Å². The molecule has 1 aliphatic rings. The van der Waals surface area contributed by atoms with Crippen LogP contribution < -0.4 is 15.4 Å². The Kier molecular flexibility index (Phi) is 6.76. The smallest absolute Gasteiger partial charge is 0.237 e. The lowest BCUT2D eigenvalue weighted by Gasteiger charge is -2.23. The fourth-order valence-corrected chi connectivity index (χ4v) is 4.68. The Morgan fingerprint density at radius 3 is 2.77 bits per heavy atom. The van der Waals surface area contributed by atoms with E-state index in [0.29, 0.717) is 18.1 Å². The molecule has 0 spiro atoms. The van der Waals surface area contributed by atoms with Gasteiger partial charge in [0.25, 0.3) is 0 Å². The maximum absolute atomic E-state index is 12.6. The molecule has 162 valence electrons. The molecule has 2 N–H and O–H groups in total. The van der Waals surface area contributed by atoms with Gasteiger partial charge in [-0.1, -0.05) is 54.1 Å². The summed E-state index contributed by atoms with van der Waals surface area (Å²) in [4.78, 5) is 14.8. The third kappa shape index (κ3) is 4.85. The highest BCUT2D eigenvalue weighted by molar-refractivity contribution is 6.30. The average molecular weight is 438 g/mol. The van der Waals surface area contributed by atoms with Crippen molar-refractivity contribution in [2.75, 3.05) is 20.7 Å². The molecule has 0 saturated carbocycles. The first kappa shape index (κ1) is 21.6. The van der Waals surface area contributed by atoms with Crippen LogP contribution in [-0.2, 0) is 17.9 Å². The number of carbonyl (C=O) groups excluding carboxylic acids is 1. The number of methoxy groups -OCH3 is 1. The summed E-state index contributed by atoms with van der Waals surface area (Å²) in [5.74, 6) is 0.928. The van der Waals surface area contributed by atoms with Gasteiger partial charge in [-0.25, -0.2) is 0 Å². The molecule has 2 atom stereocenters. The van der Waals surface area contributed by atoms with Crippen molar-refractivity contribution in [3.63, 3.8) is 0 Å². The Morgan fingerprint density at radius 2 is 2.00 bits per heavy atom. The van der Waals surface area contributed by atoms with Gasteiger partial charge in [-0.2, -0.15) is 0 Å². The van der Waals surface area contributed by atoms with Crippen molar-refractivity contribution >= 4 is 28.3 Å². The van der Waals surface area contributed by atoms with Gasteiger partial charge in [-0.3, -0.25) is 9.69 Å². The standard InChI is InChI=1S/C25H28ClN3O2/c1-27-25(30)23-13-20(16-29(23)15-17-6-5-8-19(26)12-17)28-14-22-21-9-4-3-7-18(21)10-11-24(22)31-2/h3-12,20,23,28H,13-16H2,1-2H3,(H,27,30)/t20-,23-/m0/s1. The Morgan fingerprint density at radius 1 is 1.16 bits per heavy atom. The van der Waals surface area contributed by atoms with Crippen LogP contribution >= 0.6 is 11.6 Å². The lowest BCUT2D eigenvalue weighted by atomic mass is 10.0. The van der Waals surface area contributed by atoms with E-state index in [1.807, 2.05) is 30.3 Å². The van der Waals surface area contributed by atoms with Crippen molar-refractivity contribution in [1.82, 2.24) is 15.5 Å². The molecule has 0 aliphatic carbocycles. The number of likely N-dealkylation sites (N-methyl/N-ethyl adjacent to an activating group) is 1. The summed E-state index contributed by atoms with van der Waals surface area (Å²) in [5.41, 5.74) is 2.25. The van der Waals surface area contributed by atoms with Crippen LogP contribution in [0.3, 0.4) is 0 Å². The Balaban J connectivity index is 1.50. The number of fused-ring (bicyclic) bond motifs is 1. The minimum Gasteiger partial charge on any atom is -0.496 e. The molecule has 5 nitrogen and oxygen atoms in total. The lowest BCUT2D eigenvalue weighted by Crippen LogP contribution is -2.41. The van der Waals surface area contributed by atoms with E-state index >= 15 is 0 Å². The van der Waals surface area contributed by atoms with Gasteiger partial charge in [0, 0.05) is 43.3 Å². The SMILES string of the molecule is CNC(=O)[C@@H]1C[C@H](NCc2c(OC)ccc3ccccc23)CN1Cc1cccc(Cl)c1. The number of halogens is 1. The highest BCUT2D eigenvalue weighted by Gasteiger charge is 2.36. The maximum atomic E-state index is 12.6. The van der Waals surface area contributed by atoms with Gasteiger partial charge in [0.05, 0.1) is 13.2 Å². The highest BCUT2D eigenvalue weighted by atomic mass is 35.5. The molecule has 1 heterocycles. The number of amides is 1. The van der Waals surface area contributed by atoms with E-state index in [0.717, 1.165) is 29.8 Å². The predicted molar refractivity (Wildman–Crippen MR) is 125 cm³/mol. The quantitative estimate of drug-likeness (QED) is 0.587. The summed E-state index contributed by atoms with van der Waals surface area (Å²) in [7, 11) is 3.40. The summed E-state index contributed by atoms with van der Waals surface area (Å²) >= 11 is 6.16. The van der Waals surface area contributed by atoms with Crippen LogP contribution in [0.5, 0.6) is 5.75 Å². The van der Waals surface area contributed by atoms with E-state index < -0.39 is 0 Å². The van der Waals surface area contributed by atoms with Gasteiger partial charge in [0.2, 0.25) is 5.91 Å². The molecule has 1 fully saturated rings. The fourth-order valence-electron chi connectivity index (χ4n) is 4.47. The van der Waals surface area contributed by atoms with Crippen LogP contribution in [0.1, 0.15) is 17.5 Å². The molecule has 0 bridgehead atoms. The highest BCUT2D eigenvalue weighted by Crippen LogP contribution is 2.29. The van der Waals surface area contributed by atoms with Crippen LogP contribution in [0.25, 0.3) is 10.8 Å². The Bertz CT molecular complexity index is 1070. The van der Waals surface area contributed by atoms with Crippen molar-refractivity contribution in [3.05, 3.63) is 76.8 Å². The largest absolute Gasteiger partial charge is 0.496 e. The summed E-state index contributed by atoms with van der Waals surface area (Å²) in [5, 5.41) is 9.58. The number of nitrogens with zero attached hydrogens (tertiary/aromatic N) is 1. The average Bonchev–Trinajstić information content (AvgIpc) is 3.19. The summed E-state index contributed by atoms with van der Waals surface area (Å²) in [6, 6.07) is 20.3. The summed E-state index contributed by atoms with van der Waals surface area (Å²) in [6.07, 6.45) is 0.757. The van der Waals surface area contributed by atoms with Gasteiger partial charge in [0.15, 0.2) is 0 Å². The van der Waals surface area contributed by atoms with Gasteiger partial charge in [-0.15, -0.1) is 0 Å². The molecule has 1 saturated heterocycles. The van der Waals surface area contributed by atoms with Gasteiger partial charge in [-0.05, 0) is 41.0 Å². The van der Waals surface area contributed by atoms with E-state index in [-0.39, 0.29) is 18.0 Å². The van der Waals surface area contributed by atoms with Gasteiger partial charge >= 0.3 is 0 Å². The third-order valence-corrected chi connectivity index (χ3v) is 6.25. The fraction of sp³-hybridized carbons (Fsp3) is 0.320. The first-order chi connectivity index (χ1) is 15.1. The molecule has 31 heavy (non-hydrogen) atoms. The second-order valence-corrected chi connectivity index (χ2v) is 8.41. The molecule has 6 heteroatoms. The van der Waals surface area contributed by atoms with E-state index in [9.17, 15) is 4.79 Å². The molecule has 3 aromatic carbocycles. The first-order valence-corrected chi connectivity index (χ1v) is 10.9. The molecule has 0 aromatic heterocycles. The van der Waals surface area contributed by atoms with Crippen LogP contribution in [0.4, 0.5) is 0 Å². The van der Waals surface area contributed by atoms with Crippen LogP contribution in [0.2, 0.25) is 5.02 Å². The van der Waals surface area contributed by atoms with Crippen LogP contribution in [0, 0.1) is 0 Å². The number of carbonyl (C=O) groups is 1. The molecular weight excluding hydrogens is 410 g/mol. The zero-order valence-corrected chi connectivity index (χ0v) is 18.7. The number of hydrogen-bond acceptors (Lipinski definition) is 4. The molecule has 0 unspecified atom stereocenters. The van der Waals surface area contributed by atoms with Gasteiger partial charge < -0.3 is 15.4 Å². The molecule has 4 rings (SSSR count). The number of nitrogens with one attached hydrogen (secondary N) is 2. The van der Waals surface area contributed by atoms with E-state index in [1.54, 1.807) is 14.2 Å². The van der Waals surface area contributed by atoms with Crippen molar-refractivity contribution in [3.8, 4) is 5.75 Å². The van der Waals surface area contributed by atoms with Crippen LogP contribution in [0.15, 0.2) is 60.7 Å². The molecule has 1 aliphatic heterocycles. The summed E-state index contributed by atoms with van der Waals surface area (Å²) in [6.45, 7) is 2.16. The zero-order chi connectivity index (χ0) is 21.8. The minimum atomic E-state index is -0.170. The van der Waals surface area contributed by atoms with Crippen molar-refractivity contribution in [2.45, 2.75) is 31.6 Å². The molecular formula is C25H28ClN3O2. The van der Waals surface area contributed by atoms with E-state index in [4.69, 9.17) is 16.3 Å². The monoisotopic (exact) mass is 437 g/mol. The minimum absolute atomic E-state index is 0.0501. The predicted octanol–water partition coefficient (Wildman–Crippen LogP) is 3.98. The van der Waals surface area contributed by atoms with Crippen molar-refractivity contribution in [2.24, 2.45) is 0 Å². The second kappa shape index (κ2) is 9.69. The second-order valence-electron chi connectivity index (χ2n) is 7.97. The number of likely N-dealkylation sites (tertiary alicyclic amines) is 1. The Hall–Kier alpha value is -2.60. The van der Waals surface area contributed by atoms with Crippen molar-refractivity contribution < 1.29 is 9.53 Å². The van der Waals surface area contributed by atoms with E-state index in [1.165, 1.54) is 10.8 Å². The Labute approximate surface area is 188 Å². The summed E-state index contributed by atoms with van der Waals surface area (Å²) < 4.78 is 5.63. The number of hydrogen-bond donors (Lipinski definition) is 2. The van der Waals surface area contributed by atoms with Crippen LogP contribution in [-0.4, -0.2) is 43.6 Å². The topological polar surface area (TPSA) is 53.6 Å². The number of ether oxygens (including phenoxy) is 1. The molecule has 0 radical (unpaired) electrons. The lowest BCUT2D eigenvalue weighted by molar-refractivity contribution is -0.125. The number of rotatable bonds is 7. The molecule has 3 aromatic rings. The zero-order valence-electron chi connectivity index (χ0n) is 17.9.